The first-order valence-electron chi connectivity index (χ1n) is 5.73. The third-order valence-electron chi connectivity index (χ3n) is 3.15. The summed E-state index contributed by atoms with van der Waals surface area (Å²) in [5.74, 6) is -0.222. The van der Waals surface area contributed by atoms with Gasteiger partial charge in [-0.15, -0.1) is 0 Å². The monoisotopic (exact) mass is 244 g/mol. The Morgan fingerprint density at radius 3 is 3.00 bits per heavy atom. The number of benzene rings is 1. The molecule has 0 fully saturated rings. The average Bonchev–Trinajstić information content (AvgIpc) is 2.98. The van der Waals surface area contributed by atoms with Gasteiger partial charge in [0.05, 0.1) is 18.3 Å². The van der Waals surface area contributed by atoms with Crippen molar-refractivity contribution in [3.05, 3.63) is 53.4 Å². The summed E-state index contributed by atoms with van der Waals surface area (Å²) >= 11 is 0. The van der Waals surface area contributed by atoms with Crippen LogP contribution in [0.25, 0.3) is 0 Å². The Labute approximate surface area is 103 Å². The molecule has 1 aliphatic carbocycles. The number of aliphatic hydroxyl groups is 1. The van der Waals surface area contributed by atoms with Crippen LogP contribution in [-0.4, -0.2) is 22.3 Å². The number of hydrogen-bond donors (Lipinski definition) is 2. The van der Waals surface area contributed by atoms with Gasteiger partial charge in [-0.25, -0.2) is 0 Å². The molecule has 1 aromatic carbocycles. The van der Waals surface area contributed by atoms with E-state index in [1.54, 1.807) is 0 Å². The molecule has 0 bridgehead atoms. The number of nitrogens with zero attached hydrogens (tertiary/aromatic N) is 1. The minimum atomic E-state index is -0.603. The molecule has 2 atom stereocenters. The second-order valence-corrected chi connectivity index (χ2v) is 4.30. The van der Waals surface area contributed by atoms with Crippen molar-refractivity contribution >= 4 is 5.91 Å². The van der Waals surface area contributed by atoms with E-state index in [-0.39, 0.29) is 11.7 Å². The molecule has 92 valence electrons. The van der Waals surface area contributed by atoms with E-state index < -0.39 is 12.1 Å². The third kappa shape index (κ3) is 1.78. The first kappa shape index (κ1) is 11.0. The third-order valence-corrected chi connectivity index (χ3v) is 3.15. The molecular formula is C13H12N2O3. The molecule has 0 aliphatic heterocycles. The number of carbonyl (C=O) groups excluding carboxylic acids is 1. The van der Waals surface area contributed by atoms with E-state index in [9.17, 15) is 9.90 Å². The summed E-state index contributed by atoms with van der Waals surface area (Å²) in [4.78, 5) is 11.9. The maximum Gasteiger partial charge on any atom is 0.290 e. The van der Waals surface area contributed by atoms with Crippen molar-refractivity contribution in [1.82, 2.24) is 10.5 Å². The lowest BCUT2D eigenvalue weighted by atomic mass is 10.1. The Hall–Kier alpha value is -2.14. The maximum atomic E-state index is 11.9. The van der Waals surface area contributed by atoms with Crippen molar-refractivity contribution in [3.8, 4) is 0 Å². The number of aromatic nitrogens is 1. The van der Waals surface area contributed by atoms with Gasteiger partial charge in [-0.2, -0.15) is 0 Å². The van der Waals surface area contributed by atoms with Crippen LogP contribution in [0.1, 0.15) is 27.7 Å². The maximum absolute atomic E-state index is 11.9. The molecule has 18 heavy (non-hydrogen) atoms. The second kappa shape index (κ2) is 4.27. The first-order valence-corrected chi connectivity index (χ1v) is 5.73. The molecular weight excluding hydrogens is 232 g/mol. The normalized spacial score (nSPS) is 21.6. The lowest BCUT2D eigenvalue weighted by Crippen LogP contribution is -2.33. The van der Waals surface area contributed by atoms with Crippen molar-refractivity contribution < 1.29 is 14.4 Å². The van der Waals surface area contributed by atoms with Crippen molar-refractivity contribution in [3.63, 3.8) is 0 Å². The number of carbonyl (C=O) groups is 1. The van der Waals surface area contributed by atoms with E-state index in [0.29, 0.717) is 6.42 Å². The van der Waals surface area contributed by atoms with E-state index in [0.717, 1.165) is 11.1 Å². The van der Waals surface area contributed by atoms with Gasteiger partial charge in [0, 0.05) is 12.5 Å². The summed E-state index contributed by atoms with van der Waals surface area (Å²) < 4.78 is 4.79. The molecule has 1 aromatic heterocycles. The van der Waals surface area contributed by atoms with Gasteiger partial charge in [0.15, 0.2) is 0 Å². The van der Waals surface area contributed by atoms with Gasteiger partial charge in [0.1, 0.15) is 0 Å². The van der Waals surface area contributed by atoms with Crippen LogP contribution in [0.15, 0.2) is 41.1 Å². The molecule has 2 unspecified atom stereocenters. The summed E-state index contributed by atoms with van der Waals surface area (Å²) in [5, 5.41) is 16.2. The smallest absolute Gasteiger partial charge is 0.290 e. The van der Waals surface area contributed by atoms with Crippen LogP contribution in [0.4, 0.5) is 0 Å². The molecule has 1 aliphatic rings. The van der Waals surface area contributed by atoms with Crippen LogP contribution in [-0.2, 0) is 6.42 Å². The van der Waals surface area contributed by atoms with Crippen LogP contribution in [0, 0.1) is 0 Å². The minimum Gasteiger partial charge on any atom is -0.390 e. The van der Waals surface area contributed by atoms with Crippen molar-refractivity contribution in [2.45, 2.75) is 18.6 Å². The van der Waals surface area contributed by atoms with Crippen molar-refractivity contribution in [2.24, 2.45) is 0 Å². The number of rotatable bonds is 2. The number of aliphatic hydroxyl groups excluding tert-OH is 1. The predicted octanol–water partition coefficient (Wildman–Crippen LogP) is 1.06. The van der Waals surface area contributed by atoms with Crippen LogP contribution in [0.3, 0.4) is 0 Å². The summed E-state index contributed by atoms with van der Waals surface area (Å²) in [7, 11) is 0. The van der Waals surface area contributed by atoms with Gasteiger partial charge in [-0.05, 0) is 11.1 Å². The van der Waals surface area contributed by atoms with Gasteiger partial charge in [0.25, 0.3) is 5.91 Å². The number of hydrogen-bond acceptors (Lipinski definition) is 4. The van der Waals surface area contributed by atoms with Crippen LogP contribution in [0.5, 0.6) is 0 Å². The van der Waals surface area contributed by atoms with E-state index >= 15 is 0 Å². The minimum absolute atomic E-state index is 0.145. The van der Waals surface area contributed by atoms with Gasteiger partial charge >= 0.3 is 0 Å². The zero-order chi connectivity index (χ0) is 12.5. The fourth-order valence-electron chi connectivity index (χ4n) is 2.29. The number of nitrogens with one attached hydrogen (secondary N) is 1. The summed E-state index contributed by atoms with van der Waals surface area (Å²) in [6.07, 6.45) is 1.36. The molecule has 5 nitrogen and oxygen atoms in total. The summed E-state index contributed by atoms with van der Waals surface area (Å²) in [6, 6.07) is 8.79. The average molecular weight is 244 g/mol. The number of fused-ring (bicyclic) bond motifs is 1. The lowest BCUT2D eigenvalue weighted by molar-refractivity contribution is 0.0823. The highest BCUT2D eigenvalue weighted by Crippen LogP contribution is 2.31. The molecule has 3 rings (SSSR count). The second-order valence-electron chi connectivity index (χ2n) is 4.30. The Morgan fingerprint density at radius 2 is 2.22 bits per heavy atom. The van der Waals surface area contributed by atoms with E-state index in [2.05, 4.69) is 10.5 Å². The lowest BCUT2D eigenvalue weighted by Gasteiger charge is -2.16. The highest BCUT2D eigenvalue weighted by Gasteiger charge is 2.32. The summed E-state index contributed by atoms with van der Waals surface area (Å²) in [6.45, 7) is 0. The standard InChI is InChI=1S/C13H12N2O3/c16-10-7-8-3-1-2-4-9(8)12(10)15-13(17)11-5-6-14-18-11/h1-6,10,12,16H,7H2,(H,15,17). The van der Waals surface area contributed by atoms with Crippen LogP contribution < -0.4 is 5.32 Å². The fraction of sp³-hybridized carbons (Fsp3) is 0.231. The van der Waals surface area contributed by atoms with Crippen molar-refractivity contribution in [2.75, 3.05) is 0 Å². The van der Waals surface area contributed by atoms with Gasteiger partial charge in [-0.1, -0.05) is 29.4 Å². The van der Waals surface area contributed by atoms with Gasteiger partial charge < -0.3 is 14.9 Å². The summed E-state index contributed by atoms with van der Waals surface area (Å²) in [5.41, 5.74) is 2.02. The zero-order valence-corrected chi connectivity index (χ0v) is 9.54. The molecule has 0 spiro atoms. The highest BCUT2D eigenvalue weighted by molar-refractivity contribution is 5.91. The Balaban J connectivity index is 1.83. The van der Waals surface area contributed by atoms with Crippen molar-refractivity contribution in [1.29, 1.82) is 0 Å². The van der Waals surface area contributed by atoms with E-state index in [1.807, 2.05) is 24.3 Å². The molecule has 2 N–H and O–H groups in total. The number of amides is 1. The first-order chi connectivity index (χ1) is 8.75. The van der Waals surface area contributed by atoms with E-state index in [4.69, 9.17) is 4.52 Å². The van der Waals surface area contributed by atoms with E-state index in [1.165, 1.54) is 12.3 Å². The zero-order valence-electron chi connectivity index (χ0n) is 9.54. The Morgan fingerprint density at radius 1 is 1.39 bits per heavy atom. The Kier molecular flexibility index (Phi) is 2.60. The van der Waals surface area contributed by atoms with Gasteiger partial charge in [0.2, 0.25) is 5.76 Å². The SMILES string of the molecule is O=C(NC1c2ccccc2CC1O)c1ccno1. The predicted molar refractivity (Wildman–Crippen MR) is 62.9 cm³/mol. The van der Waals surface area contributed by atoms with Gasteiger partial charge in [-0.3, -0.25) is 4.79 Å². The molecule has 2 aromatic rings. The van der Waals surface area contributed by atoms with Crippen LogP contribution >= 0.6 is 0 Å². The molecule has 5 heteroatoms. The topological polar surface area (TPSA) is 75.4 Å². The largest absolute Gasteiger partial charge is 0.390 e. The molecule has 0 radical (unpaired) electrons. The fourth-order valence-corrected chi connectivity index (χ4v) is 2.29. The quantitative estimate of drug-likeness (QED) is 0.828. The molecule has 0 saturated carbocycles. The van der Waals surface area contributed by atoms with Crippen LogP contribution in [0.2, 0.25) is 0 Å². The molecule has 1 heterocycles. The Bertz CT molecular complexity index is 565. The molecule has 0 saturated heterocycles. The highest BCUT2D eigenvalue weighted by atomic mass is 16.5. The molecule has 1 amide bonds.